The molecule has 0 spiro atoms. The van der Waals surface area contributed by atoms with Crippen LogP contribution in [0.4, 0.5) is 0 Å². The Morgan fingerprint density at radius 1 is 0.906 bits per heavy atom. The van der Waals surface area contributed by atoms with Crippen LogP contribution in [0, 0.1) is 11.8 Å². The molecule has 1 atom stereocenters. The molecule has 0 fully saturated rings. The lowest BCUT2D eigenvalue weighted by Gasteiger charge is -2.14. The van der Waals surface area contributed by atoms with Crippen molar-refractivity contribution < 1.29 is 14.7 Å². The van der Waals surface area contributed by atoms with Gasteiger partial charge in [0.1, 0.15) is 12.6 Å². The molecule has 1 amide bonds. The molecule has 2 rings (SSSR count). The predicted molar refractivity (Wildman–Crippen MR) is 128 cm³/mol. The lowest BCUT2D eigenvalue weighted by molar-refractivity contribution is -0.123. The molecule has 0 radical (unpaired) electrons. The van der Waals surface area contributed by atoms with Gasteiger partial charge in [0, 0.05) is 23.2 Å². The quantitative estimate of drug-likeness (QED) is 0.351. The average molecular weight is 435 g/mol. The van der Waals surface area contributed by atoms with E-state index in [1.165, 1.54) is 44.1 Å². The van der Waals surface area contributed by atoms with Crippen LogP contribution in [0.2, 0.25) is 0 Å². The van der Waals surface area contributed by atoms with Gasteiger partial charge in [0.05, 0.1) is 0 Å². The summed E-state index contributed by atoms with van der Waals surface area (Å²) in [5, 5.41) is 11.5. The van der Waals surface area contributed by atoms with E-state index in [1.54, 1.807) is 24.3 Å². The molecule has 0 heterocycles. The Balaban J connectivity index is 1.87. The highest BCUT2D eigenvalue weighted by atomic mass is 16.3. The Hall–Kier alpha value is -2.94. The van der Waals surface area contributed by atoms with Crippen LogP contribution in [0.25, 0.3) is 0 Å². The summed E-state index contributed by atoms with van der Waals surface area (Å²) in [6.07, 6.45) is 8.92. The minimum absolute atomic E-state index is 0.0631. The molecular formula is C27H34N2O3. The molecule has 0 bridgehead atoms. The number of benzene rings is 2. The molecule has 170 valence electrons. The number of unbranched alkanes of at least 4 members (excludes halogenated alkanes) is 5. The summed E-state index contributed by atoms with van der Waals surface area (Å²) in [5.41, 5.74) is 8.97. The molecule has 0 saturated carbocycles. The Bertz CT molecular complexity index is 909. The summed E-state index contributed by atoms with van der Waals surface area (Å²) in [6.45, 7) is 1.52. The highest BCUT2D eigenvalue weighted by Crippen LogP contribution is 2.11. The van der Waals surface area contributed by atoms with Crippen LogP contribution in [0.15, 0.2) is 48.5 Å². The van der Waals surface area contributed by atoms with Crippen molar-refractivity contribution in [2.24, 2.45) is 5.73 Å². The Kier molecular flexibility index (Phi) is 11.2. The fraction of sp³-hybridized carbons (Fsp3) is 0.407. The summed E-state index contributed by atoms with van der Waals surface area (Å²) >= 11 is 0. The SMILES string of the molecule is CCCCCCCCc1ccc(C#Cc2ccc(C(=O)N[C@@H](CN)C(=O)CO)cc2)cc1. The summed E-state index contributed by atoms with van der Waals surface area (Å²) in [7, 11) is 0. The van der Waals surface area contributed by atoms with Crippen molar-refractivity contribution in [3.8, 4) is 11.8 Å². The molecule has 32 heavy (non-hydrogen) atoms. The molecule has 4 N–H and O–H groups in total. The lowest BCUT2D eigenvalue weighted by atomic mass is 10.0. The smallest absolute Gasteiger partial charge is 0.251 e. The second-order valence-electron chi connectivity index (χ2n) is 7.93. The maximum absolute atomic E-state index is 12.3. The second kappa shape index (κ2) is 14.2. The van der Waals surface area contributed by atoms with Crippen molar-refractivity contribution in [2.75, 3.05) is 13.2 Å². The van der Waals surface area contributed by atoms with Crippen molar-refractivity contribution in [2.45, 2.75) is 57.9 Å². The molecule has 2 aromatic rings. The molecule has 0 aliphatic rings. The molecule has 0 aromatic heterocycles. The maximum atomic E-state index is 12.3. The molecule has 0 aliphatic heterocycles. The van der Waals surface area contributed by atoms with Gasteiger partial charge in [0.15, 0.2) is 5.78 Å². The Morgan fingerprint density at radius 2 is 1.47 bits per heavy atom. The summed E-state index contributed by atoms with van der Waals surface area (Å²) in [4.78, 5) is 23.8. The van der Waals surface area contributed by atoms with Crippen LogP contribution in [0.5, 0.6) is 0 Å². The molecule has 2 aromatic carbocycles. The van der Waals surface area contributed by atoms with Crippen molar-refractivity contribution in [1.82, 2.24) is 5.32 Å². The van der Waals surface area contributed by atoms with Gasteiger partial charge in [0.2, 0.25) is 0 Å². The van der Waals surface area contributed by atoms with Crippen molar-refractivity contribution in [3.63, 3.8) is 0 Å². The number of hydrogen-bond donors (Lipinski definition) is 3. The highest BCUT2D eigenvalue weighted by molar-refractivity contribution is 5.98. The first-order chi connectivity index (χ1) is 15.6. The van der Waals surface area contributed by atoms with E-state index in [0.717, 1.165) is 17.5 Å². The number of nitrogens with two attached hydrogens (primary N) is 1. The average Bonchev–Trinajstić information content (AvgIpc) is 2.83. The number of carbonyl (C=O) groups excluding carboxylic acids is 2. The molecular weight excluding hydrogens is 400 g/mol. The minimum atomic E-state index is -0.893. The van der Waals surface area contributed by atoms with E-state index in [1.807, 2.05) is 12.1 Å². The first kappa shape index (κ1) is 25.3. The molecule has 0 saturated heterocycles. The standard InChI is InChI=1S/C27H34N2O3/c1-2-3-4-5-6-7-8-21-9-11-22(12-10-21)13-14-23-15-17-24(18-16-23)27(32)29-25(19-28)26(31)20-30/h9-12,15-18,25,30H,2-8,19-20,28H2,1H3,(H,29,32)/t25-/m0/s1. The maximum Gasteiger partial charge on any atom is 0.251 e. The third-order valence-electron chi connectivity index (χ3n) is 5.36. The van der Waals surface area contributed by atoms with Gasteiger partial charge in [-0.05, 0) is 54.8 Å². The van der Waals surface area contributed by atoms with Gasteiger partial charge in [-0.25, -0.2) is 0 Å². The van der Waals surface area contributed by atoms with E-state index in [4.69, 9.17) is 10.8 Å². The molecule has 0 aliphatic carbocycles. The van der Waals surface area contributed by atoms with Gasteiger partial charge in [-0.1, -0.05) is 63.0 Å². The zero-order valence-electron chi connectivity index (χ0n) is 18.9. The van der Waals surface area contributed by atoms with Gasteiger partial charge in [-0.2, -0.15) is 0 Å². The fourth-order valence-electron chi connectivity index (χ4n) is 3.34. The summed E-state index contributed by atoms with van der Waals surface area (Å²) < 4.78 is 0. The third kappa shape index (κ3) is 8.66. The molecule has 5 nitrogen and oxygen atoms in total. The number of aliphatic hydroxyl groups excluding tert-OH is 1. The van der Waals surface area contributed by atoms with Crippen LogP contribution >= 0.6 is 0 Å². The van der Waals surface area contributed by atoms with Crippen molar-refractivity contribution in [3.05, 3.63) is 70.8 Å². The van der Waals surface area contributed by atoms with Gasteiger partial charge in [0.25, 0.3) is 5.91 Å². The minimum Gasteiger partial charge on any atom is -0.388 e. The highest BCUT2D eigenvalue weighted by Gasteiger charge is 2.18. The van der Waals surface area contributed by atoms with Crippen LogP contribution in [0.1, 0.15) is 72.5 Å². The van der Waals surface area contributed by atoms with E-state index in [-0.39, 0.29) is 6.54 Å². The summed E-state index contributed by atoms with van der Waals surface area (Å²) in [6, 6.07) is 14.3. The zero-order valence-corrected chi connectivity index (χ0v) is 18.9. The Morgan fingerprint density at radius 3 is 2.03 bits per heavy atom. The Labute approximate surface area is 191 Å². The van der Waals surface area contributed by atoms with Crippen LogP contribution in [0.3, 0.4) is 0 Å². The normalized spacial score (nSPS) is 11.3. The van der Waals surface area contributed by atoms with E-state index in [9.17, 15) is 9.59 Å². The topological polar surface area (TPSA) is 92.4 Å². The summed E-state index contributed by atoms with van der Waals surface area (Å²) in [5.74, 6) is 5.33. The number of rotatable bonds is 12. The van der Waals surface area contributed by atoms with Gasteiger partial charge in [-0.15, -0.1) is 0 Å². The predicted octanol–water partition coefficient (Wildman–Crippen LogP) is 3.61. The van der Waals surface area contributed by atoms with Gasteiger partial charge in [-0.3, -0.25) is 9.59 Å². The number of aryl methyl sites for hydroxylation is 1. The van der Waals surface area contributed by atoms with E-state index in [0.29, 0.717) is 5.56 Å². The van der Waals surface area contributed by atoms with Crippen molar-refractivity contribution in [1.29, 1.82) is 0 Å². The fourth-order valence-corrected chi connectivity index (χ4v) is 3.34. The first-order valence-electron chi connectivity index (χ1n) is 11.4. The number of carbonyl (C=O) groups is 2. The third-order valence-corrected chi connectivity index (χ3v) is 5.36. The first-order valence-corrected chi connectivity index (χ1v) is 11.4. The van der Waals surface area contributed by atoms with Gasteiger partial charge >= 0.3 is 0 Å². The van der Waals surface area contributed by atoms with E-state index in [2.05, 4.69) is 36.2 Å². The number of nitrogens with one attached hydrogen (secondary N) is 1. The number of amides is 1. The van der Waals surface area contributed by atoms with Crippen LogP contribution < -0.4 is 11.1 Å². The van der Waals surface area contributed by atoms with E-state index >= 15 is 0 Å². The molecule has 0 unspecified atom stereocenters. The zero-order chi connectivity index (χ0) is 23.2. The van der Waals surface area contributed by atoms with Gasteiger partial charge < -0.3 is 16.2 Å². The monoisotopic (exact) mass is 434 g/mol. The van der Waals surface area contributed by atoms with Crippen molar-refractivity contribution >= 4 is 11.7 Å². The lowest BCUT2D eigenvalue weighted by Crippen LogP contribution is -2.46. The largest absolute Gasteiger partial charge is 0.388 e. The van der Waals surface area contributed by atoms with E-state index < -0.39 is 24.3 Å². The second-order valence-corrected chi connectivity index (χ2v) is 7.93. The number of aliphatic hydroxyl groups is 1. The molecule has 5 heteroatoms. The van der Waals surface area contributed by atoms with Crippen LogP contribution in [-0.4, -0.2) is 36.0 Å². The number of ketones is 1. The van der Waals surface area contributed by atoms with Crippen LogP contribution in [-0.2, 0) is 11.2 Å². The number of hydrogen-bond acceptors (Lipinski definition) is 4. The number of Topliss-reactive ketones (excluding diaryl/α,β-unsaturated/α-hetero) is 1.